The molecule has 2 aromatic rings. The number of hydrogen-bond acceptors (Lipinski definition) is 2. The molecule has 0 bridgehead atoms. The first kappa shape index (κ1) is 14.9. The summed E-state index contributed by atoms with van der Waals surface area (Å²) in [5.74, 6) is 0.764. The van der Waals surface area contributed by atoms with Crippen LogP contribution in [0.5, 0.6) is 5.75 Å². The van der Waals surface area contributed by atoms with Crippen LogP contribution in [-0.4, -0.2) is 13.7 Å². The molecule has 0 atom stereocenters. The molecule has 0 saturated heterocycles. The summed E-state index contributed by atoms with van der Waals surface area (Å²) in [5.41, 5.74) is 2.50. The van der Waals surface area contributed by atoms with Gasteiger partial charge < -0.3 is 10.1 Å². The van der Waals surface area contributed by atoms with Gasteiger partial charge in [0.2, 0.25) is 0 Å². The van der Waals surface area contributed by atoms with Gasteiger partial charge in [0.1, 0.15) is 5.75 Å². The lowest BCUT2D eigenvalue weighted by Gasteiger charge is -2.09. The first-order valence-electron chi connectivity index (χ1n) is 6.89. The Morgan fingerprint density at radius 2 is 1.85 bits per heavy atom. The highest BCUT2D eigenvalue weighted by Crippen LogP contribution is 2.25. The fourth-order valence-electron chi connectivity index (χ4n) is 2.08. The van der Waals surface area contributed by atoms with Gasteiger partial charge in [-0.05, 0) is 43.1 Å². The second kappa shape index (κ2) is 7.93. The first-order chi connectivity index (χ1) is 9.79. The molecule has 2 nitrogen and oxygen atoms in total. The molecule has 0 aromatic heterocycles. The van der Waals surface area contributed by atoms with Gasteiger partial charge in [-0.3, -0.25) is 0 Å². The first-order valence-corrected chi connectivity index (χ1v) is 7.27. The van der Waals surface area contributed by atoms with Crippen molar-refractivity contribution in [1.82, 2.24) is 5.32 Å². The van der Waals surface area contributed by atoms with Crippen molar-refractivity contribution < 1.29 is 4.74 Å². The third-order valence-corrected chi connectivity index (χ3v) is 3.38. The van der Waals surface area contributed by atoms with E-state index in [1.165, 1.54) is 5.56 Å². The molecule has 3 heteroatoms. The monoisotopic (exact) mass is 289 g/mol. The molecule has 0 amide bonds. The van der Waals surface area contributed by atoms with Crippen LogP contribution in [0.2, 0.25) is 5.02 Å². The highest BCUT2D eigenvalue weighted by atomic mass is 35.5. The average Bonchev–Trinajstić information content (AvgIpc) is 2.47. The molecule has 0 spiro atoms. The zero-order chi connectivity index (χ0) is 14.2. The lowest BCUT2D eigenvalue weighted by Crippen LogP contribution is -2.05. The molecule has 0 aliphatic heterocycles. The molecule has 0 aliphatic rings. The number of hydrogen-bond donors (Lipinski definition) is 1. The van der Waals surface area contributed by atoms with Gasteiger partial charge >= 0.3 is 0 Å². The molecule has 0 aliphatic carbocycles. The van der Waals surface area contributed by atoms with Crippen molar-refractivity contribution in [2.75, 3.05) is 13.7 Å². The second-order valence-corrected chi connectivity index (χ2v) is 5.14. The molecule has 20 heavy (non-hydrogen) atoms. The van der Waals surface area contributed by atoms with Gasteiger partial charge in [-0.15, -0.1) is 0 Å². The summed E-state index contributed by atoms with van der Waals surface area (Å²) in [6.45, 7) is 1.49. The van der Waals surface area contributed by atoms with Crippen LogP contribution >= 0.6 is 11.6 Å². The molecule has 2 aromatic carbocycles. The number of halogens is 1. The summed E-state index contributed by atoms with van der Waals surface area (Å²) >= 11 is 6.21. The van der Waals surface area contributed by atoms with E-state index in [1.54, 1.807) is 0 Å². The van der Waals surface area contributed by atoms with Crippen LogP contribution in [0.1, 0.15) is 17.5 Å². The van der Waals surface area contributed by atoms with E-state index in [4.69, 9.17) is 16.3 Å². The van der Waals surface area contributed by atoms with Crippen molar-refractivity contribution in [2.45, 2.75) is 19.4 Å². The number of ether oxygens (including phenoxy) is 1. The average molecular weight is 290 g/mol. The lowest BCUT2D eigenvalue weighted by molar-refractivity contribution is 0.311. The van der Waals surface area contributed by atoms with E-state index >= 15 is 0 Å². The highest BCUT2D eigenvalue weighted by molar-refractivity contribution is 6.32. The molecule has 0 radical (unpaired) electrons. The Kier molecular flexibility index (Phi) is 5.90. The summed E-state index contributed by atoms with van der Waals surface area (Å²) in [7, 11) is 1.92. The minimum absolute atomic E-state index is 0.678. The van der Waals surface area contributed by atoms with Crippen LogP contribution in [0.4, 0.5) is 0 Å². The number of aryl methyl sites for hydroxylation is 1. The Morgan fingerprint density at radius 1 is 1.05 bits per heavy atom. The highest BCUT2D eigenvalue weighted by Gasteiger charge is 2.03. The second-order valence-electron chi connectivity index (χ2n) is 4.73. The maximum absolute atomic E-state index is 6.21. The zero-order valence-corrected chi connectivity index (χ0v) is 12.5. The van der Waals surface area contributed by atoms with Crippen molar-refractivity contribution in [3.05, 3.63) is 64.7 Å². The van der Waals surface area contributed by atoms with E-state index in [1.807, 2.05) is 31.3 Å². The van der Waals surface area contributed by atoms with Crippen molar-refractivity contribution in [2.24, 2.45) is 0 Å². The Bertz CT molecular complexity index is 528. The van der Waals surface area contributed by atoms with Crippen LogP contribution in [0, 0.1) is 0 Å². The van der Waals surface area contributed by atoms with Crippen LogP contribution in [0.3, 0.4) is 0 Å². The van der Waals surface area contributed by atoms with E-state index < -0.39 is 0 Å². The van der Waals surface area contributed by atoms with Gasteiger partial charge in [-0.25, -0.2) is 0 Å². The molecule has 0 heterocycles. The summed E-state index contributed by atoms with van der Waals surface area (Å²) in [4.78, 5) is 0. The van der Waals surface area contributed by atoms with Crippen molar-refractivity contribution in [1.29, 1.82) is 0 Å². The maximum Gasteiger partial charge on any atom is 0.137 e. The molecule has 1 N–H and O–H groups in total. The van der Waals surface area contributed by atoms with E-state index in [9.17, 15) is 0 Å². The molecular weight excluding hydrogens is 270 g/mol. The van der Waals surface area contributed by atoms with E-state index in [2.05, 4.69) is 29.6 Å². The van der Waals surface area contributed by atoms with Gasteiger partial charge in [-0.2, -0.15) is 0 Å². The van der Waals surface area contributed by atoms with Gasteiger partial charge in [0.15, 0.2) is 0 Å². The van der Waals surface area contributed by atoms with Crippen molar-refractivity contribution in [3.63, 3.8) is 0 Å². The quantitative estimate of drug-likeness (QED) is 0.776. The standard InChI is InChI=1S/C17H20ClNO/c1-19-13-15-9-10-17(16(18)12-15)20-11-5-8-14-6-3-2-4-7-14/h2-4,6-7,9-10,12,19H,5,8,11,13H2,1H3. The van der Waals surface area contributed by atoms with Crippen LogP contribution in [0.15, 0.2) is 48.5 Å². The van der Waals surface area contributed by atoms with Crippen LogP contribution in [0.25, 0.3) is 0 Å². The van der Waals surface area contributed by atoms with E-state index in [0.717, 1.165) is 30.7 Å². The minimum Gasteiger partial charge on any atom is -0.492 e. The molecule has 0 saturated carbocycles. The molecular formula is C17H20ClNO. The van der Waals surface area contributed by atoms with Crippen LogP contribution in [-0.2, 0) is 13.0 Å². The lowest BCUT2D eigenvalue weighted by atomic mass is 10.1. The number of rotatable bonds is 7. The Balaban J connectivity index is 1.79. The third kappa shape index (κ3) is 4.55. The Hall–Kier alpha value is -1.51. The summed E-state index contributed by atoms with van der Waals surface area (Å²) in [5, 5.41) is 3.78. The fourth-order valence-corrected chi connectivity index (χ4v) is 2.34. The predicted octanol–water partition coefficient (Wildman–Crippen LogP) is 4.07. The predicted molar refractivity (Wildman–Crippen MR) is 84.5 cm³/mol. The SMILES string of the molecule is CNCc1ccc(OCCCc2ccccc2)c(Cl)c1. The van der Waals surface area contributed by atoms with Gasteiger partial charge in [0.05, 0.1) is 11.6 Å². The largest absolute Gasteiger partial charge is 0.492 e. The maximum atomic E-state index is 6.21. The number of benzene rings is 2. The molecule has 0 fully saturated rings. The summed E-state index contributed by atoms with van der Waals surface area (Å²) in [6, 6.07) is 16.4. The Labute approximate surface area is 125 Å². The van der Waals surface area contributed by atoms with Gasteiger partial charge in [-0.1, -0.05) is 48.0 Å². The molecule has 2 rings (SSSR count). The topological polar surface area (TPSA) is 21.3 Å². The smallest absolute Gasteiger partial charge is 0.137 e. The normalized spacial score (nSPS) is 10.5. The van der Waals surface area contributed by atoms with Gasteiger partial charge in [0, 0.05) is 6.54 Å². The van der Waals surface area contributed by atoms with Crippen molar-refractivity contribution >= 4 is 11.6 Å². The zero-order valence-electron chi connectivity index (χ0n) is 11.7. The molecule has 0 unspecified atom stereocenters. The van der Waals surface area contributed by atoms with Crippen LogP contribution < -0.4 is 10.1 Å². The Morgan fingerprint density at radius 3 is 2.55 bits per heavy atom. The van der Waals surface area contributed by atoms with Crippen molar-refractivity contribution in [3.8, 4) is 5.75 Å². The minimum atomic E-state index is 0.678. The number of nitrogens with one attached hydrogen (secondary N) is 1. The summed E-state index contributed by atoms with van der Waals surface area (Å²) < 4.78 is 5.74. The van der Waals surface area contributed by atoms with E-state index in [-0.39, 0.29) is 0 Å². The third-order valence-electron chi connectivity index (χ3n) is 3.09. The molecule has 106 valence electrons. The summed E-state index contributed by atoms with van der Waals surface area (Å²) in [6.07, 6.45) is 2.01. The van der Waals surface area contributed by atoms with Gasteiger partial charge in [0.25, 0.3) is 0 Å². The van der Waals surface area contributed by atoms with E-state index in [0.29, 0.717) is 11.6 Å². The fraction of sp³-hybridized carbons (Fsp3) is 0.294.